The Morgan fingerprint density at radius 3 is 2.70 bits per heavy atom. The molecular formula is C17H27BrN2. The SMILES string of the molecule is CC(N)Cc1ccc(N2CCCC(C)(C)CC2)cc1Br. The monoisotopic (exact) mass is 338 g/mol. The highest BCUT2D eigenvalue weighted by Crippen LogP contribution is 2.33. The van der Waals surface area contributed by atoms with Gasteiger partial charge in [-0.2, -0.15) is 0 Å². The second-order valence-corrected chi connectivity index (χ2v) is 7.82. The van der Waals surface area contributed by atoms with E-state index in [0.717, 1.165) is 13.0 Å². The molecule has 2 nitrogen and oxygen atoms in total. The summed E-state index contributed by atoms with van der Waals surface area (Å²) in [5, 5.41) is 0. The number of rotatable bonds is 3. The van der Waals surface area contributed by atoms with Crippen molar-refractivity contribution in [1.29, 1.82) is 0 Å². The van der Waals surface area contributed by atoms with Crippen LogP contribution in [0.1, 0.15) is 45.6 Å². The van der Waals surface area contributed by atoms with Crippen molar-refractivity contribution in [2.24, 2.45) is 11.1 Å². The van der Waals surface area contributed by atoms with Gasteiger partial charge in [0.15, 0.2) is 0 Å². The number of hydrogen-bond donors (Lipinski definition) is 1. The minimum atomic E-state index is 0.205. The van der Waals surface area contributed by atoms with Gasteiger partial charge in [0.1, 0.15) is 0 Å². The van der Waals surface area contributed by atoms with E-state index in [-0.39, 0.29) is 6.04 Å². The highest BCUT2D eigenvalue weighted by Gasteiger charge is 2.23. The van der Waals surface area contributed by atoms with Crippen LogP contribution < -0.4 is 10.6 Å². The number of anilines is 1. The lowest BCUT2D eigenvalue weighted by molar-refractivity contribution is 0.325. The Morgan fingerprint density at radius 2 is 2.05 bits per heavy atom. The predicted molar refractivity (Wildman–Crippen MR) is 91.3 cm³/mol. The molecule has 3 heteroatoms. The number of nitrogens with zero attached hydrogens (tertiary/aromatic N) is 1. The van der Waals surface area contributed by atoms with Crippen molar-refractivity contribution in [3.8, 4) is 0 Å². The van der Waals surface area contributed by atoms with Crippen molar-refractivity contribution in [3.63, 3.8) is 0 Å². The summed E-state index contributed by atoms with van der Waals surface area (Å²) in [5.74, 6) is 0. The highest BCUT2D eigenvalue weighted by atomic mass is 79.9. The molecule has 1 heterocycles. The second-order valence-electron chi connectivity index (χ2n) is 6.96. The Hall–Kier alpha value is -0.540. The van der Waals surface area contributed by atoms with Crippen LogP contribution in [-0.4, -0.2) is 19.1 Å². The summed E-state index contributed by atoms with van der Waals surface area (Å²) in [4.78, 5) is 2.52. The molecule has 0 radical (unpaired) electrons. The summed E-state index contributed by atoms with van der Waals surface area (Å²) in [6.45, 7) is 9.15. The molecule has 0 saturated carbocycles. The quantitative estimate of drug-likeness (QED) is 0.887. The van der Waals surface area contributed by atoms with Crippen molar-refractivity contribution < 1.29 is 0 Å². The fourth-order valence-electron chi connectivity index (χ4n) is 2.93. The van der Waals surface area contributed by atoms with E-state index in [1.807, 2.05) is 0 Å². The normalized spacial score (nSPS) is 20.6. The smallest absolute Gasteiger partial charge is 0.0377 e. The van der Waals surface area contributed by atoms with Crippen LogP contribution in [0, 0.1) is 5.41 Å². The van der Waals surface area contributed by atoms with Gasteiger partial charge in [0, 0.05) is 29.3 Å². The molecule has 1 unspecified atom stereocenters. The van der Waals surface area contributed by atoms with Crippen LogP contribution >= 0.6 is 15.9 Å². The summed E-state index contributed by atoms with van der Waals surface area (Å²) in [5.41, 5.74) is 9.02. The van der Waals surface area contributed by atoms with Crippen molar-refractivity contribution in [1.82, 2.24) is 0 Å². The topological polar surface area (TPSA) is 29.3 Å². The Kier molecular flexibility index (Phi) is 5.14. The van der Waals surface area contributed by atoms with Gasteiger partial charge >= 0.3 is 0 Å². The third-order valence-electron chi connectivity index (χ3n) is 4.28. The Morgan fingerprint density at radius 1 is 1.30 bits per heavy atom. The number of benzene rings is 1. The molecule has 0 aliphatic carbocycles. The lowest BCUT2D eigenvalue weighted by Gasteiger charge is -2.25. The minimum absolute atomic E-state index is 0.205. The molecule has 1 fully saturated rings. The molecular weight excluding hydrogens is 312 g/mol. The maximum absolute atomic E-state index is 5.89. The van der Waals surface area contributed by atoms with Crippen molar-refractivity contribution in [3.05, 3.63) is 28.2 Å². The van der Waals surface area contributed by atoms with Gasteiger partial charge in [-0.05, 0) is 55.7 Å². The van der Waals surface area contributed by atoms with E-state index >= 15 is 0 Å². The molecule has 112 valence electrons. The van der Waals surface area contributed by atoms with Gasteiger partial charge in [-0.3, -0.25) is 0 Å². The first-order valence-electron chi connectivity index (χ1n) is 7.66. The zero-order valence-corrected chi connectivity index (χ0v) is 14.5. The van der Waals surface area contributed by atoms with E-state index in [4.69, 9.17) is 5.73 Å². The summed E-state index contributed by atoms with van der Waals surface area (Å²) >= 11 is 3.70. The molecule has 1 saturated heterocycles. The number of halogens is 1. The largest absolute Gasteiger partial charge is 0.371 e. The summed E-state index contributed by atoms with van der Waals surface area (Å²) in [7, 11) is 0. The van der Waals surface area contributed by atoms with Gasteiger partial charge in [0.05, 0.1) is 0 Å². The van der Waals surface area contributed by atoms with Crippen LogP contribution in [0.3, 0.4) is 0 Å². The van der Waals surface area contributed by atoms with Crippen LogP contribution in [0.5, 0.6) is 0 Å². The van der Waals surface area contributed by atoms with Crippen molar-refractivity contribution in [2.75, 3.05) is 18.0 Å². The zero-order chi connectivity index (χ0) is 14.8. The van der Waals surface area contributed by atoms with E-state index < -0.39 is 0 Å². The molecule has 0 amide bonds. The fraction of sp³-hybridized carbons (Fsp3) is 0.647. The van der Waals surface area contributed by atoms with E-state index in [2.05, 4.69) is 59.8 Å². The molecule has 1 aliphatic heterocycles. The van der Waals surface area contributed by atoms with Crippen molar-refractivity contribution in [2.45, 2.75) is 52.5 Å². The minimum Gasteiger partial charge on any atom is -0.371 e. The maximum Gasteiger partial charge on any atom is 0.0377 e. The average Bonchev–Trinajstić information content (AvgIpc) is 2.52. The zero-order valence-electron chi connectivity index (χ0n) is 13.0. The van der Waals surface area contributed by atoms with Crippen LogP contribution in [0.15, 0.2) is 22.7 Å². The average molecular weight is 339 g/mol. The van der Waals surface area contributed by atoms with Gasteiger partial charge in [0.2, 0.25) is 0 Å². The van der Waals surface area contributed by atoms with Crippen LogP contribution in [0.4, 0.5) is 5.69 Å². The first-order valence-corrected chi connectivity index (χ1v) is 8.46. The maximum atomic E-state index is 5.89. The van der Waals surface area contributed by atoms with Gasteiger partial charge in [-0.15, -0.1) is 0 Å². The van der Waals surface area contributed by atoms with Crippen molar-refractivity contribution >= 4 is 21.6 Å². The fourth-order valence-corrected chi connectivity index (χ4v) is 3.46. The van der Waals surface area contributed by atoms with Crippen LogP contribution in [-0.2, 0) is 6.42 Å². The first-order chi connectivity index (χ1) is 9.37. The summed E-state index contributed by atoms with van der Waals surface area (Å²) < 4.78 is 1.19. The number of hydrogen-bond acceptors (Lipinski definition) is 2. The molecule has 2 N–H and O–H groups in total. The Bertz CT molecular complexity index is 454. The standard InChI is InChI=1S/C17H27BrN2/c1-13(19)11-14-5-6-15(12-16(14)18)20-9-4-7-17(2,3)8-10-20/h5-6,12-13H,4,7-11,19H2,1-3H3. The van der Waals surface area contributed by atoms with Gasteiger partial charge in [-0.1, -0.05) is 35.8 Å². The summed E-state index contributed by atoms with van der Waals surface area (Å²) in [6, 6.07) is 6.94. The van der Waals surface area contributed by atoms with Crippen LogP contribution in [0.25, 0.3) is 0 Å². The third-order valence-corrected chi connectivity index (χ3v) is 5.02. The first kappa shape index (κ1) is 15.8. The number of nitrogens with two attached hydrogens (primary N) is 1. The third kappa shape index (κ3) is 4.23. The molecule has 20 heavy (non-hydrogen) atoms. The van der Waals surface area contributed by atoms with E-state index in [1.165, 1.54) is 41.5 Å². The predicted octanol–water partition coefficient (Wildman–Crippen LogP) is 4.36. The molecule has 2 rings (SSSR count). The molecule has 1 aromatic rings. The second kappa shape index (κ2) is 6.48. The molecule has 0 bridgehead atoms. The van der Waals surface area contributed by atoms with Crippen LogP contribution in [0.2, 0.25) is 0 Å². The van der Waals surface area contributed by atoms with Gasteiger partial charge < -0.3 is 10.6 Å². The van der Waals surface area contributed by atoms with Gasteiger partial charge in [-0.25, -0.2) is 0 Å². The van der Waals surface area contributed by atoms with E-state index in [1.54, 1.807) is 0 Å². The molecule has 0 spiro atoms. The molecule has 0 aromatic heterocycles. The van der Waals surface area contributed by atoms with E-state index in [9.17, 15) is 0 Å². The molecule has 1 aromatic carbocycles. The summed E-state index contributed by atoms with van der Waals surface area (Å²) in [6.07, 6.45) is 4.81. The Balaban J connectivity index is 2.11. The molecule has 1 atom stereocenters. The lowest BCUT2D eigenvalue weighted by atomic mass is 9.85. The van der Waals surface area contributed by atoms with E-state index in [0.29, 0.717) is 5.41 Å². The molecule has 1 aliphatic rings. The Labute approximate surface area is 131 Å². The lowest BCUT2D eigenvalue weighted by Crippen LogP contribution is -2.25. The van der Waals surface area contributed by atoms with Gasteiger partial charge in [0.25, 0.3) is 0 Å². The highest BCUT2D eigenvalue weighted by molar-refractivity contribution is 9.10.